The molecule has 3 aromatic rings. The van der Waals surface area contributed by atoms with Crippen molar-refractivity contribution in [1.82, 2.24) is 9.55 Å². The predicted molar refractivity (Wildman–Crippen MR) is 88.2 cm³/mol. The van der Waals surface area contributed by atoms with E-state index in [9.17, 15) is 0 Å². The largest absolute Gasteiger partial charge is 0.369 e. The Kier molecular flexibility index (Phi) is 3.32. The van der Waals surface area contributed by atoms with E-state index in [1.807, 2.05) is 36.4 Å². The Morgan fingerprint density at radius 3 is 2.63 bits per heavy atom. The number of nitrogens with zero attached hydrogens (tertiary/aromatic N) is 2. The first-order valence-corrected chi connectivity index (χ1v) is 7.29. The molecule has 0 saturated heterocycles. The number of benzene rings is 2. The second-order valence-corrected chi connectivity index (χ2v) is 6.07. The molecule has 96 valence electrons. The van der Waals surface area contributed by atoms with E-state index in [0.29, 0.717) is 16.0 Å². The van der Waals surface area contributed by atoms with Crippen molar-refractivity contribution in [2.45, 2.75) is 0 Å². The van der Waals surface area contributed by atoms with Crippen molar-refractivity contribution in [2.24, 2.45) is 0 Å². The topological polar surface area (TPSA) is 43.8 Å². The predicted octanol–water partition coefficient (Wildman–Crippen LogP) is 4.52. The fourth-order valence-electron chi connectivity index (χ4n) is 2.01. The van der Waals surface area contributed by atoms with Crippen molar-refractivity contribution in [3.05, 3.63) is 50.0 Å². The third-order valence-electron chi connectivity index (χ3n) is 2.80. The highest BCUT2D eigenvalue weighted by atomic mass is 127. The quantitative estimate of drug-likeness (QED) is 0.607. The molecule has 0 bridgehead atoms. The molecule has 1 heterocycles. The molecule has 0 spiro atoms. The minimum absolute atomic E-state index is 0.367. The Hall–Kier alpha value is -0.980. The molecule has 0 fully saturated rings. The Labute approximate surface area is 133 Å². The van der Waals surface area contributed by atoms with Gasteiger partial charge in [0, 0.05) is 3.57 Å². The van der Waals surface area contributed by atoms with Gasteiger partial charge < -0.3 is 5.73 Å². The SMILES string of the molecule is Nc1nc2cccc(Cl)c2n1-c1ccc(I)cc1Cl. The molecule has 3 rings (SSSR count). The van der Waals surface area contributed by atoms with Crippen molar-refractivity contribution >= 4 is 62.8 Å². The van der Waals surface area contributed by atoms with Gasteiger partial charge in [0.25, 0.3) is 0 Å². The number of fused-ring (bicyclic) bond motifs is 1. The van der Waals surface area contributed by atoms with E-state index < -0.39 is 0 Å². The zero-order valence-corrected chi connectivity index (χ0v) is 13.2. The van der Waals surface area contributed by atoms with Crippen LogP contribution >= 0.6 is 45.8 Å². The van der Waals surface area contributed by atoms with Crippen molar-refractivity contribution in [3.63, 3.8) is 0 Å². The van der Waals surface area contributed by atoms with Crippen molar-refractivity contribution in [2.75, 3.05) is 5.73 Å². The molecule has 0 saturated carbocycles. The van der Waals surface area contributed by atoms with Crippen LogP contribution in [0.1, 0.15) is 0 Å². The van der Waals surface area contributed by atoms with Gasteiger partial charge in [-0.25, -0.2) is 4.98 Å². The number of imidazole rings is 1. The fourth-order valence-corrected chi connectivity index (χ4v) is 3.20. The molecule has 1 aromatic heterocycles. The summed E-state index contributed by atoms with van der Waals surface area (Å²) in [7, 11) is 0. The van der Waals surface area contributed by atoms with Gasteiger partial charge in [-0.1, -0.05) is 29.3 Å². The smallest absolute Gasteiger partial charge is 0.206 e. The minimum Gasteiger partial charge on any atom is -0.369 e. The molecule has 0 amide bonds. The van der Waals surface area contributed by atoms with Crippen LogP contribution in [-0.2, 0) is 0 Å². The van der Waals surface area contributed by atoms with Crippen LogP contribution in [0, 0.1) is 3.57 Å². The van der Waals surface area contributed by atoms with Gasteiger partial charge in [-0.05, 0) is 52.9 Å². The number of nitrogen functional groups attached to an aromatic ring is 1. The summed E-state index contributed by atoms with van der Waals surface area (Å²) in [6.07, 6.45) is 0. The molecule has 0 unspecified atom stereocenters. The summed E-state index contributed by atoms with van der Waals surface area (Å²) in [6.45, 7) is 0. The van der Waals surface area contributed by atoms with E-state index in [0.717, 1.165) is 20.3 Å². The van der Waals surface area contributed by atoms with E-state index in [1.54, 1.807) is 4.57 Å². The Morgan fingerprint density at radius 2 is 1.89 bits per heavy atom. The maximum atomic E-state index is 6.29. The molecule has 0 atom stereocenters. The summed E-state index contributed by atoms with van der Waals surface area (Å²) >= 11 is 14.7. The van der Waals surface area contributed by atoms with Crippen LogP contribution in [0.3, 0.4) is 0 Å². The van der Waals surface area contributed by atoms with Crippen LogP contribution in [0.2, 0.25) is 10.0 Å². The summed E-state index contributed by atoms with van der Waals surface area (Å²) in [5.74, 6) is 0.367. The zero-order chi connectivity index (χ0) is 13.6. The fraction of sp³-hybridized carbons (Fsp3) is 0. The first-order valence-electron chi connectivity index (χ1n) is 5.46. The van der Waals surface area contributed by atoms with Crippen molar-refractivity contribution in [3.8, 4) is 5.69 Å². The van der Waals surface area contributed by atoms with Gasteiger partial charge in [0.05, 0.1) is 26.8 Å². The molecule has 0 radical (unpaired) electrons. The highest BCUT2D eigenvalue weighted by molar-refractivity contribution is 14.1. The second kappa shape index (κ2) is 4.85. The molecule has 0 aliphatic rings. The minimum atomic E-state index is 0.367. The Balaban J connectivity index is 2.39. The number of anilines is 1. The number of aromatic nitrogens is 2. The average molecular weight is 404 g/mol. The van der Waals surface area contributed by atoms with E-state index in [4.69, 9.17) is 28.9 Å². The standard InChI is InChI=1S/C13H8Cl2IN3/c14-8-2-1-3-10-12(8)19(13(17)18-10)11-5-4-7(16)6-9(11)15/h1-6H,(H2,17,18). The molecule has 2 N–H and O–H groups in total. The average Bonchev–Trinajstić information content (AvgIpc) is 2.67. The maximum absolute atomic E-state index is 6.29. The molecule has 6 heteroatoms. The molecule has 0 aliphatic carbocycles. The van der Waals surface area contributed by atoms with Crippen LogP contribution in [-0.4, -0.2) is 9.55 Å². The molecular formula is C13H8Cl2IN3. The lowest BCUT2D eigenvalue weighted by Gasteiger charge is -2.09. The lowest BCUT2D eigenvalue weighted by atomic mass is 10.3. The third-order valence-corrected chi connectivity index (χ3v) is 4.08. The second-order valence-electron chi connectivity index (χ2n) is 4.01. The van der Waals surface area contributed by atoms with Gasteiger partial charge in [0.2, 0.25) is 5.95 Å². The van der Waals surface area contributed by atoms with Crippen LogP contribution in [0.15, 0.2) is 36.4 Å². The van der Waals surface area contributed by atoms with E-state index in [-0.39, 0.29) is 0 Å². The van der Waals surface area contributed by atoms with Gasteiger partial charge >= 0.3 is 0 Å². The maximum Gasteiger partial charge on any atom is 0.206 e. The molecular weight excluding hydrogens is 396 g/mol. The molecule has 2 aromatic carbocycles. The van der Waals surface area contributed by atoms with Gasteiger partial charge in [0.15, 0.2) is 0 Å². The number of para-hydroxylation sites is 1. The normalized spacial score (nSPS) is 11.1. The molecule has 19 heavy (non-hydrogen) atoms. The summed E-state index contributed by atoms with van der Waals surface area (Å²) in [6, 6.07) is 11.3. The van der Waals surface area contributed by atoms with Gasteiger partial charge in [-0.2, -0.15) is 0 Å². The van der Waals surface area contributed by atoms with Crippen LogP contribution in [0.4, 0.5) is 5.95 Å². The zero-order valence-electron chi connectivity index (χ0n) is 9.57. The summed E-state index contributed by atoms with van der Waals surface area (Å²) in [5.41, 5.74) is 8.29. The van der Waals surface area contributed by atoms with Gasteiger partial charge in [0.1, 0.15) is 0 Å². The van der Waals surface area contributed by atoms with Crippen LogP contribution in [0.5, 0.6) is 0 Å². The van der Waals surface area contributed by atoms with Crippen molar-refractivity contribution < 1.29 is 0 Å². The van der Waals surface area contributed by atoms with E-state index >= 15 is 0 Å². The number of hydrogen-bond acceptors (Lipinski definition) is 2. The number of rotatable bonds is 1. The lowest BCUT2D eigenvalue weighted by Crippen LogP contribution is -2.01. The lowest BCUT2D eigenvalue weighted by molar-refractivity contribution is 1.11. The van der Waals surface area contributed by atoms with E-state index in [2.05, 4.69) is 27.6 Å². The van der Waals surface area contributed by atoms with Gasteiger partial charge in [-0.3, -0.25) is 4.57 Å². The summed E-state index contributed by atoms with van der Waals surface area (Å²) < 4.78 is 2.83. The molecule has 3 nitrogen and oxygen atoms in total. The first-order chi connectivity index (χ1) is 9.08. The third kappa shape index (κ3) is 2.17. The van der Waals surface area contributed by atoms with Crippen LogP contribution in [0.25, 0.3) is 16.7 Å². The number of nitrogens with two attached hydrogens (primary N) is 1. The van der Waals surface area contributed by atoms with Crippen LogP contribution < -0.4 is 5.73 Å². The first kappa shape index (κ1) is 13.0. The summed E-state index contributed by atoms with van der Waals surface area (Å²) in [4.78, 5) is 4.31. The van der Waals surface area contributed by atoms with E-state index in [1.165, 1.54) is 0 Å². The highest BCUT2D eigenvalue weighted by Gasteiger charge is 2.15. The monoisotopic (exact) mass is 403 g/mol. The highest BCUT2D eigenvalue weighted by Crippen LogP contribution is 2.32. The summed E-state index contributed by atoms with van der Waals surface area (Å²) in [5, 5.41) is 1.20. The molecule has 0 aliphatic heterocycles. The van der Waals surface area contributed by atoms with Crippen molar-refractivity contribution in [1.29, 1.82) is 0 Å². The Morgan fingerprint density at radius 1 is 1.11 bits per heavy atom. The number of hydrogen-bond donors (Lipinski definition) is 1. The number of halogens is 3. The Bertz CT molecular complexity index is 783. The van der Waals surface area contributed by atoms with Gasteiger partial charge in [-0.15, -0.1) is 0 Å².